The molecule has 90 valence electrons. The Hall–Kier alpha value is -0.0400. The molecule has 4 aliphatic carbocycles. The highest BCUT2D eigenvalue weighted by Crippen LogP contribution is 2.60. The summed E-state index contributed by atoms with van der Waals surface area (Å²) in [5.74, 6) is 3.40. The van der Waals surface area contributed by atoms with Crippen LogP contribution in [0.2, 0.25) is 0 Å². The molecule has 0 aromatic carbocycles. The molecule has 1 aliphatic heterocycles. The van der Waals surface area contributed by atoms with E-state index < -0.39 is 0 Å². The van der Waals surface area contributed by atoms with E-state index in [0.29, 0.717) is 0 Å². The summed E-state index contributed by atoms with van der Waals surface area (Å²) in [6.07, 6.45) is 12.5. The molecule has 0 spiro atoms. The SMILES string of the molecule is C1CCN(CC23CC4CC(CC(C4)C2)C3)C1. The summed E-state index contributed by atoms with van der Waals surface area (Å²) < 4.78 is 0. The van der Waals surface area contributed by atoms with E-state index in [-0.39, 0.29) is 0 Å². The molecule has 4 bridgehead atoms. The Morgan fingerprint density at radius 1 is 0.812 bits per heavy atom. The molecule has 0 unspecified atom stereocenters. The Morgan fingerprint density at radius 3 is 1.81 bits per heavy atom. The predicted octanol–water partition coefficient (Wildman–Crippen LogP) is 3.30. The van der Waals surface area contributed by atoms with Gasteiger partial charge in [0.25, 0.3) is 0 Å². The van der Waals surface area contributed by atoms with Crippen LogP contribution in [0.4, 0.5) is 0 Å². The molecule has 5 aliphatic rings. The van der Waals surface area contributed by atoms with Gasteiger partial charge in [0.05, 0.1) is 0 Å². The molecule has 0 N–H and O–H groups in total. The molecule has 0 atom stereocenters. The molecular formula is C15H25N. The summed E-state index contributed by atoms with van der Waals surface area (Å²) >= 11 is 0. The lowest BCUT2D eigenvalue weighted by Crippen LogP contribution is -2.50. The van der Waals surface area contributed by atoms with E-state index in [9.17, 15) is 0 Å². The molecule has 0 amide bonds. The number of likely N-dealkylation sites (tertiary alicyclic amines) is 1. The summed E-state index contributed by atoms with van der Waals surface area (Å²) in [5, 5.41) is 0. The molecular weight excluding hydrogens is 194 g/mol. The van der Waals surface area contributed by atoms with Crippen molar-refractivity contribution in [3.63, 3.8) is 0 Å². The first-order chi connectivity index (χ1) is 7.81. The summed E-state index contributed by atoms with van der Waals surface area (Å²) in [7, 11) is 0. The van der Waals surface area contributed by atoms with Crippen LogP contribution in [0.5, 0.6) is 0 Å². The van der Waals surface area contributed by atoms with Crippen molar-refractivity contribution in [1.82, 2.24) is 4.90 Å². The van der Waals surface area contributed by atoms with Gasteiger partial charge in [0.2, 0.25) is 0 Å². The van der Waals surface area contributed by atoms with Crippen molar-refractivity contribution in [3.8, 4) is 0 Å². The maximum absolute atomic E-state index is 2.78. The highest BCUT2D eigenvalue weighted by Gasteiger charge is 2.51. The highest BCUT2D eigenvalue weighted by molar-refractivity contribution is 5.02. The van der Waals surface area contributed by atoms with Gasteiger partial charge in [-0.25, -0.2) is 0 Å². The van der Waals surface area contributed by atoms with Gasteiger partial charge in [-0.2, -0.15) is 0 Å². The minimum atomic E-state index is 0.791. The molecule has 0 aromatic heterocycles. The predicted molar refractivity (Wildman–Crippen MR) is 66.3 cm³/mol. The molecule has 0 radical (unpaired) electrons. The largest absolute Gasteiger partial charge is 0.303 e. The number of hydrogen-bond acceptors (Lipinski definition) is 1. The second-order valence-electron chi connectivity index (χ2n) is 7.40. The topological polar surface area (TPSA) is 3.24 Å². The lowest BCUT2D eigenvalue weighted by atomic mass is 9.49. The van der Waals surface area contributed by atoms with Crippen molar-refractivity contribution >= 4 is 0 Å². The molecule has 1 saturated heterocycles. The number of hydrogen-bond donors (Lipinski definition) is 0. The van der Waals surface area contributed by atoms with Gasteiger partial charge in [-0.1, -0.05) is 0 Å². The van der Waals surface area contributed by atoms with E-state index in [1.54, 1.807) is 38.5 Å². The quantitative estimate of drug-likeness (QED) is 0.689. The number of nitrogens with zero attached hydrogens (tertiary/aromatic N) is 1. The first-order valence-electron chi connectivity index (χ1n) is 7.54. The van der Waals surface area contributed by atoms with Crippen LogP contribution in [0.15, 0.2) is 0 Å². The van der Waals surface area contributed by atoms with Crippen LogP contribution in [0.3, 0.4) is 0 Å². The van der Waals surface area contributed by atoms with E-state index in [2.05, 4.69) is 4.90 Å². The zero-order valence-electron chi connectivity index (χ0n) is 10.5. The summed E-state index contributed by atoms with van der Waals surface area (Å²) in [5.41, 5.74) is 0.791. The Kier molecular flexibility index (Phi) is 2.16. The lowest BCUT2D eigenvalue weighted by molar-refractivity contribution is -0.0664. The van der Waals surface area contributed by atoms with Gasteiger partial charge in [-0.15, -0.1) is 0 Å². The van der Waals surface area contributed by atoms with Gasteiger partial charge in [0, 0.05) is 6.54 Å². The number of rotatable bonds is 2. The first-order valence-corrected chi connectivity index (χ1v) is 7.54. The van der Waals surface area contributed by atoms with Gasteiger partial charge in [0.15, 0.2) is 0 Å². The molecule has 0 aromatic rings. The molecule has 4 saturated carbocycles. The Balaban J connectivity index is 1.52. The fraction of sp³-hybridized carbons (Fsp3) is 1.00. The van der Waals surface area contributed by atoms with Crippen LogP contribution in [-0.4, -0.2) is 24.5 Å². The zero-order chi connectivity index (χ0) is 10.6. The third-order valence-electron chi connectivity index (χ3n) is 5.92. The van der Waals surface area contributed by atoms with Crippen molar-refractivity contribution < 1.29 is 0 Å². The molecule has 5 rings (SSSR count). The smallest absolute Gasteiger partial charge is 0.00383 e. The van der Waals surface area contributed by atoms with Crippen LogP contribution < -0.4 is 0 Å². The fourth-order valence-electron chi connectivity index (χ4n) is 5.90. The maximum atomic E-state index is 2.78. The lowest BCUT2D eigenvalue weighted by Gasteiger charge is -2.57. The molecule has 1 nitrogen and oxygen atoms in total. The van der Waals surface area contributed by atoms with E-state index in [1.165, 1.54) is 32.5 Å². The van der Waals surface area contributed by atoms with Crippen LogP contribution >= 0.6 is 0 Å². The third-order valence-corrected chi connectivity index (χ3v) is 5.92. The summed E-state index contributed by atoms with van der Waals surface area (Å²) in [6, 6.07) is 0. The van der Waals surface area contributed by atoms with Gasteiger partial charge in [-0.3, -0.25) is 0 Å². The normalized spacial score (nSPS) is 51.4. The maximum Gasteiger partial charge on any atom is 0.00383 e. The van der Waals surface area contributed by atoms with Crippen LogP contribution in [0, 0.1) is 23.2 Å². The van der Waals surface area contributed by atoms with E-state index >= 15 is 0 Å². The van der Waals surface area contributed by atoms with Crippen molar-refractivity contribution in [2.24, 2.45) is 23.2 Å². The Bertz CT molecular complexity index is 242. The van der Waals surface area contributed by atoms with Crippen LogP contribution in [0.1, 0.15) is 51.4 Å². The molecule has 1 heterocycles. The third kappa shape index (κ3) is 1.54. The fourth-order valence-corrected chi connectivity index (χ4v) is 5.90. The average Bonchev–Trinajstić information content (AvgIpc) is 2.66. The van der Waals surface area contributed by atoms with Gasteiger partial charge >= 0.3 is 0 Å². The average molecular weight is 219 g/mol. The minimum Gasteiger partial charge on any atom is -0.303 e. The van der Waals surface area contributed by atoms with E-state index in [1.807, 2.05) is 0 Å². The van der Waals surface area contributed by atoms with Crippen LogP contribution in [-0.2, 0) is 0 Å². The minimum absolute atomic E-state index is 0.791. The van der Waals surface area contributed by atoms with E-state index in [0.717, 1.165) is 23.2 Å². The van der Waals surface area contributed by atoms with Crippen molar-refractivity contribution in [2.45, 2.75) is 51.4 Å². The van der Waals surface area contributed by atoms with Gasteiger partial charge < -0.3 is 4.90 Å². The summed E-state index contributed by atoms with van der Waals surface area (Å²) in [6.45, 7) is 4.28. The summed E-state index contributed by atoms with van der Waals surface area (Å²) in [4.78, 5) is 2.78. The van der Waals surface area contributed by atoms with Crippen molar-refractivity contribution in [1.29, 1.82) is 0 Å². The molecule has 5 fully saturated rings. The van der Waals surface area contributed by atoms with Crippen molar-refractivity contribution in [2.75, 3.05) is 19.6 Å². The van der Waals surface area contributed by atoms with Gasteiger partial charge in [0.1, 0.15) is 0 Å². The monoisotopic (exact) mass is 219 g/mol. The molecule has 1 heteroatoms. The van der Waals surface area contributed by atoms with Crippen LogP contribution in [0.25, 0.3) is 0 Å². The van der Waals surface area contributed by atoms with Gasteiger partial charge in [-0.05, 0) is 87.6 Å². The Labute approximate surface area is 99.6 Å². The second-order valence-corrected chi connectivity index (χ2v) is 7.40. The van der Waals surface area contributed by atoms with E-state index in [4.69, 9.17) is 0 Å². The second kappa shape index (κ2) is 3.48. The highest BCUT2D eigenvalue weighted by atomic mass is 15.1. The van der Waals surface area contributed by atoms with Crippen molar-refractivity contribution in [3.05, 3.63) is 0 Å². The molecule has 16 heavy (non-hydrogen) atoms. The Morgan fingerprint density at radius 2 is 1.31 bits per heavy atom. The zero-order valence-corrected chi connectivity index (χ0v) is 10.5. The standard InChI is InChI=1S/C15H25N/c1-2-4-16(3-1)11-15-8-12-5-13(9-15)7-14(6-12)10-15/h12-14H,1-11H2. The first kappa shape index (κ1) is 9.94.